The molecule has 1 atom stereocenters. The monoisotopic (exact) mass is 607 g/mol. The summed E-state index contributed by atoms with van der Waals surface area (Å²) in [6.45, 7) is 4.71. The van der Waals surface area contributed by atoms with Crippen LogP contribution in [0.2, 0.25) is 0 Å². The number of aromatic nitrogens is 2. The molecule has 0 aliphatic rings. The standard InChI is InChI=1S/C31H34BrN3O5/c1-5-6-16-34(28(36)20-40-19-22-12-8-7-9-13-22)21(2)30-33-25-15-11-10-14-24(25)31(37)35(30)26-17-23(38-3)18-27(39-4)29(26)32/h7-15,17-18,21H,5-6,16,19-20H2,1-4H3. The van der Waals surface area contributed by atoms with Crippen molar-refractivity contribution in [1.82, 2.24) is 14.5 Å². The van der Waals surface area contributed by atoms with Crippen LogP contribution in [0.25, 0.3) is 16.6 Å². The molecule has 0 aliphatic heterocycles. The lowest BCUT2D eigenvalue weighted by Gasteiger charge is -2.31. The highest BCUT2D eigenvalue weighted by atomic mass is 79.9. The quantitative estimate of drug-likeness (QED) is 0.194. The molecule has 0 radical (unpaired) electrons. The van der Waals surface area contributed by atoms with Gasteiger partial charge in [0.1, 0.15) is 23.9 Å². The normalized spacial score (nSPS) is 11.8. The minimum Gasteiger partial charge on any atom is -0.497 e. The largest absolute Gasteiger partial charge is 0.497 e. The lowest BCUT2D eigenvalue weighted by Crippen LogP contribution is -2.40. The Kier molecular flexibility index (Phi) is 9.95. The van der Waals surface area contributed by atoms with E-state index in [4.69, 9.17) is 19.2 Å². The Morgan fingerprint density at radius 3 is 2.48 bits per heavy atom. The average molecular weight is 609 g/mol. The van der Waals surface area contributed by atoms with E-state index in [1.165, 1.54) is 0 Å². The molecule has 8 nitrogen and oxygen atoms in total. The van der Waals surface area contributed by atoms with E-state index in [-0.39, 0.29) is 18.1 Å². The zero-order valence-corrected chi connectivity index (χ0v) is 24.8. The Bertz CT molecular complexity index is 1520. The first-order valence-electron chi connectivity index (χ1n) is 13.2. The van der Waals surface area contributed by atoms with Gasteiger partial charge in [-0.1, -0.05) is 55.8 Å². The van der Waals surface area contributed by atoms with Crippen LogP contribution in [-0.2, 0) is 16.1 Å². The summed E-state index contributed by atoms with van der Waals surface area (Å²) in [7, 11) is 3.10. The minimum absolute atomic E-state index is 0.0859. The Hall–Kier alpha value is -3.69. The molecule has 0 fully saturated rings. The van der Waals surface area contributed by atoms with Gasteiger partial charge in [0, 0.05) is 18.7 Å². The molecule has 1 unspecified atom stereocenters. The maximum Gasteiger partial charge on any atom is 0.266 e. The Morgan fingerprint density at radius 2 is 1.77 bits per heavy atom. The Labute approximate surface area is 242 Å². The van der Waals surface area contributed by atoms with Crippen molar-refractivity contribution in [1.29, 1.82) is 0 Å². The van der Waals surface area contributed by atoms with Crippen molar-refractivity contribution in [2.24, 2.45) is 0 Å². The number of halogens is 1. The first-order valence-corrected chi connectivity index (χ1v) is 14.0. The molecule has 0 N–H and O–H groups in total. The molecule has 1 amide bonds. The Balaban J connectivity index is 1.80. The fraction of sp³-hybridized carbons (Fsp3) is 0.323. The van der Waals surface area contributed by atoms with Crippen LogP contribution in [0, 0.1) is 0 Å². The number of hydrogen-bond acceptors (Lipinski definition) is 6. The smallest absolute Gasteiger partial charge is 0.266 e. The molecule has 1 heterocycles. The molecular formula is C31H34BrN3O5. The van der Waals surface area contributed by atoms with E-state index in [1.807, 2.05) is 43.3 Å². The van der Waals surface area contributed by atoms with Crippen LogP contribution in [0.3, 0.4) is 0 Å². The van der Waals surface area contributed by atoms with Crippen LogP contribution in [0.5, 0.6) is 11.5 Å². The summed E-state index contributed by atoms with van der Waals surface area (Å²) in [6, 6.07) is 19.9. The van der Waals surface area contributed by atoms with Crippen molar-refractivity contribution in [2.45, 2.75) is 39.3 Å². The third-order valence-corrected chi connectivity index (χ3v) is 7.54. The predicted octanol–water partition coefficient (Wildman–Crippen LogP) is 6.07. The van der Waals surface area contributed by atoms with Crippen LogP contribution in [0.15, 0.2) is 76.0 Å². The maximum absolute atomic E-state index is 14.0. The number of fused-ring (bicyclic) bond motifs is 1. The number of nitrogens with zero attached hydrogens (tertiary/aromatic N) is 3. The highest BCUT2D eigenvalue weighted by molar-refractivity contribution is 9.10. The number of methoxy groups -OCH3 is 2. The molecule has 40 heavy (non-hydrogen) atoms. The maximum atomic E-state index is 14.0. The average Bonchev–Trinajstić information content (AvgIpc) is 2.98. The van der Waals surface area contributed by atoms with Gasteiger partial charge in [-0.2, -0.15) is 0 Å². The van der Waals surface area contributed by atoms with E-state index >= 15 is 0 Å². The van der Waals surface area contributed by atoms with Crippen molar-refractivity contribution in [3.63, 3.8) is 0 Å². The van der Waals surface area contributed by atoms with Gasteiger partial charge in [-0.25, -0.2) is 4.98 Å². The molecule has 3 aromatic carbocycles. The second-order valence-corrected chi connectivity index (χ2v) is 10.2. The van der Waals surface area contributed by atoms with E-state index in [9.17, 15) is 9.59 Å². The number of para-hydroxylation sites is 1. The number of ether oxygens (including phenoxy) is 3. The molecule has 4 aromatic rings. The molecule has 0 bridgehead atoms. The van der Waals surface area contributed by atoms with Crippen LogP contribution in [0.1, 0.15) is 44.1 Å². The predicted molar refractivity (Wildman–Crippen MR) is 159 cm³/mol. The van der Waals surface area contributed by atoms with Crippen LogP contribution in [0.4, 0.5) is 0 Å². The van der Waals surface area contributed by atoms with Crippen molar-refractivity contribution in [2.75, 3.05) is 27.4 Å². The molecule has 210 valence electrons. The number of unbranched alkanes of at least 4 members (excludes halogenated alkanes) is 1. The van der Waals surface area contributed by atoms with Crippen molar-refractivity contribution in [3.8, 4) is 17.2 Å². The van der Waals surface area contributed by atoms with Gasteiger partial charge in [0.2, 0.25) is 5.91 Å². The first kappa shape index (κ1) is 29.3. The minimum atomic E-state index is -0.541. The Morgan fingerprint density at radius 1 is 1.05 bits per heavy atom. The molecule has 0 saturated carbocycles. The van der Waals surface area contributed by atoms with Crippen molar-refractivity contribution < 1.29 is 19.0 Å². The summed E-state index contributed by atoms with van der Waals surface area (Å²) >= 11 is 3.62. The van der Waals surface area contributed by atoms with E-state index in [0.29, 0.717) is 51.5 Å². The zero-order chi connectivity index (χ0) is 28.6. The summed E-state index contributed by atoms with van der Waals surface area (Å²) in [4.78, 5) is 34.3. The fourth-order valence-corrected chi connectivity index (χ4v) is 5.13. The summed E-state index contributed by atoms with van der Waals surface area (Å²) in [5.74, 6) is 1.27. The molecular weight excluding hydrogens is 574 g/mol. The third-order valence-electron chi connectivity index (χ3n) is 6.74. The molecule has 9 heteroatoms. The summed E-state index contributed by atoms with van der Waals surface area (Å²) in [6.07, 6.45) is 1.70. The fourth-order valence-electron chi connectivity index (χ4n) is 4.57. The van der Waals surface area contributed by atoms with E-state index < -0.39 is 6.04 Å². The van der Waals surface area contributed by atoms with Crippen molar-refractivity contribution in [3.05, 3.63) is 92.9 Å². The molecule has 0 spiro atoms. The first-order chi connectivity index (χ1) is 19.4. The van der Waals surface area contributed by atoms with Crippen LogP contribution < -0.4 is 15.0 Å². The van der Waals surface area contributed by atoms with Gasteiger partial charge in [0.25, 0.3) is 5.56 Å². The molecule has 4 rings (SSSR count). The van der Waals surface area contributed by atoms with Crippen LogP contribution in [-0.4, -0.2) is 47.7 Å². The second kappa shape index (κ2) is 13.6. The van der Waals surface area contributed by atoms with Gasteiger partial charge in [-0.15, -0.1) is 0 Å². The number of amides is 1. The topological polar surface area (TPSA) is 82.9 Å². The van der Waals surface area contributed by atoms with Gasteiger partial charge in [-0.05, 0) is 47.0 Å². The van der Waals surface area contributed by atoms with E-state index in [0.717, 1.165) is 18.4 Å². The van der Waals surface area contributed by atoms with E-state index in [2.05, 4.69) is 22.9 Å². The summed E-state index contributed by atoms with van der Waals surface area (Å²) in [5, 5.41) is 0.463. The number of benzene rings is 3. The van der Waals surface area contributed by atoms with Gasteiger partial charge in [0.15, 0.2) is 0 Å². The lowest BCUT2D eigenvalue weighted by atomic mass is 10.1. The highest BCUT2D eigenvalue weighted by Crippen LogP contribution is 2.37. The number of carbonyl (C=O) groups excluding carboxylic acids is 1. The summed E-state index contributed by atoms with van der Waals surface area (Å²) in [5.41, 5.74) is 1.79. The lowest BCUT2D eigenvalue weighted by molar-refractivity contribution is -0.139. The van der Waals surface area contributed by atoms with Gasteiger partial charge < -0.3 is 19.1 Å². The number of carbonyl (C=O) groups is 1. The third kappa shape index (κ3) is 6.37. The van der Waals surface area contributed by atoms with Crippen LogP contribution >= 0.6 is 15.9 Å². The van der Waals surface area contributed by atoms with Gasteiger partial charge in [-0.3, -0.25) is 14.2 Å². The second-order valence-electron chi connectivity index (χ2n) is 9.39. The molecule has 0 saturated heterocycles. The zero-order valence-electron chi connectivity index (χ0n) is 23.2. The molecule has 1 aromatic heterocycles. The van der Waals surface area contributed by atoms with Gasteiger partial charge in [0.05, 0.1) is 47.9 Å². The van der Waals surface area contributed by atoms with Gasteiger partial charge >= 0.3 is 0 Å². The summed E-state index contributed by atoms with van der Waals surface area (Å²) < 4.78 is 19.0. The SMILES string of the molecule is CCCCN(C(=O)COCc1ccccc1)C(C)c1nc2ccccc2c(=O)n1-c1cc(OC)cc(OC)c1Br. The number of hydrogen-bond donors (Lipinski definition) is 0. The van der Waals surface area contributed by atoms with E-state index in [1.54, 1.807) is 54.0 Å². The highest BCUT2D eigenvalue weighted by Gasteiger charge is 2.28. The number of rotatable bonds is 12. The van der Waals surface area contributed by atoms with Crippen molar-refractivity contribution >= 4 is 32.7 Å². The molecule has 0 aliphatic carbocycles.